The highest BCUT2D eigenvalue weighted by atomic mass is 32.2. The van der Waals surface area contributed by atoms with Crippen LogP contribution in [0.3, 0.4) is 0 Å². The average molecular weight is 391 g/mol. The molecule has 1 aliphatic heterocycles. The number of hydrogen-bond acceptors (Lipinski definition) is 6. The van der Waals surface area contributed by atoms with E-state index in [9.17, 15) is 0 Å². The van der Waals surface area contributed by atoms with Crippen LogP contribution >= 0.6 is 23.5 Å². The smallest absolute Gasteiger partial charge is 0.0639 e. The molecule has 0 spiro atoms. The van der Waals surface area contributed by atoms with Gasteiger partial charge in [-0.25, -0.2) is 0 Å². The van der Waals surface area contributed by atoms with Crippen molar-refractivity contribution in [1.82, 2.24) is 0 Å². The Morgan fingerprint density at radius 3 is 1.62 bits per heavy atom. The first-order valence-electron chi connectivity index (χ1n) is 9.00. The van der Waals surface area contributed by atoms with Crippen LogP contribution in [0.15, 0.2) is 58.3 Å². The average Bonchev–Trinajstić information content (AvgIpc) is 2.68. The summed E-state index contributed by atoms with van der Waals surface area (Å²) in [7, 11) is 0. The van der Waals surface area contributed by atoms with Crippen molar-refractivity contribution >= 4 is 34.9 Å². The van der Waals surface area contributed by atoms with Gasteiger partial charge < -0.3 is 20.1 Å². The predicted molar refractivity (Wildman–Crippen MR) is 113 cm³/mol. The van der Waals surface area contributed by atoms with Crippen LogP contribution in [-0.4, -0.2) is 51.0 Å². The Morgan fingerprint density at radius 2 is 1.08 bits per heavy atom. The number of hydrogen-bond donors (Lipinski definition) is 2. The predicted octanol–water partition coefficient (Wildman–Crippen LogP) is 4.44. The van der Waals surface area contributed by atoms with Crippen LogP contribution < -0.4 is 10.6 Å². The molecule has 1 aliphatic rings. The fourth-order valence-corrected chi connectivity index (χ4v) is 4.40. The number of benzene rings is 2. The van der Waals surface area contributed by atoms with Gasteiger partial charge in [-0.05, 0) is 24.3 Å². The van der Waals surface area contributed by atoms with Crippen LogP contribution in [0.5, 0.6) is 0 Å². The second-order valence-electron chi connectivity index (χ2n) is 5.77. The molecule has 0 fully saturated rings. The van der Waals surface area contributed by atoms with Crippen molar-refractivity contribution in [3.8, 4) is 0 Å². The van der Waals surface area contributed by atoms with Gasteiger partial charge >= 0.3 is 0 Å². The molecule has 4 nitrogen and oxygen atoms in total. The molecule has 6 heteroatoms. The molecule has 0 saturated carbocycles. The summed E-state index contributed by atoms with van der Waals surface area (Å²) in [5.74, 6) is 1.91. The number of anilines is 2. The van der Waals surface area contributed by atoms with Crippen LogP contribution in [0.2, 0.25) is 0 Å². The molecule has 1 heterocycles. The van der Waals surface area contributed by atoms with E-state index in [0.717, 1.165) is 37.8 Å². The minimum absolute atomic E-state index is 0.695. The second kappa shape index (κ2) is 11.4. The van der Waals surface area contributed by atoms with Crippen molar-refractivity contribution in [2.24, 2.45) is 0 Å². The summed E-state index contributed by atoms with van der Waals surface area (Å²) < 4.78 is 11.6. The van der Waals surface area contributed by atoms with E-state index in [1.54, 1.807) is 0 Å². The van der Waals surface area contributed by atoms with Crippen LogP contribution in [0, 0.1) is 0 Å². The number of thioether (sulfide) groups is 2. The number of nitrogens with one attached hydrogen (secondary N) is 2. The molecule has 26 heavy (non-hydrogen) atoms. The molecule has 0 bridgehead atoms. The second-order valence-corrected chi connectivity index (χ2v) is 8.04. The van der Waals surface area contributed by atoms with E-state index in [1.807, 2.05) is 23.5 Å². The number of rotatable bonds is 0. The Morgan fingerprint density at radius 1 is 0.615 bits per heavy atom. The Bertz CT molecular complexity index is 558. The number of fused-ring (bicyclic) bond motifs is 2. The monoisotopic (exact) mass is 390 g/mol. The molecule has 0 saturated heterocycles. The first-order chi connectivity index (χ1) is 12.9. The van der Waals surface area contributed by atoms with E-state index in [1.165, 1.54) is 21.2 Å². The third kappa shape index (κ3) is 6.43. The Hall–Kier alpha value is -1.34. The van der Waals surface area contributed by atoms with Gasteiger partial charge in [0.2, 0.25) is 0 Å². The summed E-state index contributed by atoms with van der Waals surface area (Å²) in [6.07, 6.45) is 0. The van der Waals surface area contributed by atoms with Gasteiger partial charge in [0.1, 0.15) is 0 Å². The first-order valence-corrected chi connectivity index (χ1v) is 11.0. The Labute approximate surface area is 164 Å². The minimum Gasteiger partial charge on any atom is -0.382 e. The maximum Gasteiger partial charge on any atom is 0.0639 e. The van der Waals surface area contributed by atoms with Gasteiger partial charge in [-0.3, -0.25) is 0 Å². The maximum absolute atomic E-state index is 5.81. The highest BCUT2D eigenvalue weighted by Gasteiger charge is 2.04. The van der Waals surface area contributed by atoms with Gasteiger partial charge in [-0.1, -0.05) is 24.3 Å². The van der Waals surface area contributed by atoms with Crippen molar-refractivity contribution in [3.63, 3.8) is 0 Å². The lowest BCUT2D eigenvalue weighted by Crippen LogP contribution is -2.15. The first kappa shape index (κ1) is 19.4. The number of ether oxygens (including phenoxy) is 2. The lowest BCUT2D eigenvalue weighted by Gasteiger charge is -2.14. The normalized spacial score (nSPS) is 17.5. The van der Waals surface area contributed by atoms with Crippen molar-refractivity contribution in [3.05, 3.63) is 48.5 Å². The van der Waals surface area contributed by atoms with E-state index >= 15 is 0 Å². The van der Waals surface area contributed by atoms with Crippen LogP contribution in [-0.2, 0) is 9.47 Å². The zero-order valence-corrected chi connectivity index (χ0v) is 16.5. The van der Waals surface area contributed by atoms with E-state index in [2.05, 4.69) is 59.2 Å². The zero-order chi connectivity index (χ0) is 17.9. The summed E-state index contributed by atoms with van der Waals surface area (Å²) in [6.45, 7) is 4.53. The molecule has 2 aromatic carbocycles. The molecule has 2 aromatic rings. The maximum atomic E-state index is 5.81. The van der Waals surface area contributed by atoms with Crippen molar-refractivity contribution < 1.29 is 9.47 Å². The summed E-state index contributed by atoms with van der Waals surface area (Å²) >= 11 is 3.67. The van der Waals surface area contributed by atoms with Gasteiger partial charge in [0.05, 0.1) is 26.4 Å². The lowest BCUT2D eigenvalue weighted by molar-refractivity contribution is 0.154. The summed E-state index contributed by atoms with van der Waals surface area (Å²) in [6, 6.07) is 16.8. The molecule has 0 unspecified atom stereocenters. The Kier molecular flexibility index (Phi) is 8.51. The molecular weight excluding hydrogens is 364 g/mol. The van der Waals surface area contributed by atoms with Gasteiger partial charge in [-0.2, -0.15) is 0 Å². The largest absolute Gasteiger partial charge is 0.382 e. The molecule has 2 N–H and O–H groups in total. The van der Waals surface area contributed by atoms with E-state index in [0.29, 0.717) is 13.2 Å². The summed E-state index contributed by atoms with van der Waals surface area (Å²) in [4.78, 5) is 2.53. The lowest BCUT2D eigenvalue weighted by atomic mass is 10.3. The molecular formula is C20H26N2O2S2. The quantitative estimate of drug-likeness (QED) is 0.693. The fourth-order valence-electron chi connectivity index (χ4n) is 2.62. The highest BCUT2D eigenvalue weighted by molar-refractivity contribution is 7.99. The summed E-state index contributed by atoms with van der Waals surface area (Å²) in [5, 5.41) is 6.95. The minimum atomic E-state index is 0.695. The van der Waals surface area contributed by atoms with Gasteiger partial charge in [0.25, 0.3) is 0 Å². The third-order valence-corrected chi connectivity index (χ3v) is 5.94. The SMILES string of the molecule is c1ccc2c(c1)NCCOCCNc1ccccc1SCCOCCS2. The number of para-hydroxylation sites is 2. The highest BCUT2D eigenvalue weighted by Crippen LogP contribution is 2.28. The molecule has 0 aromatic heterocycles. The molecule has 0 amide bonds. The zero-order valence-electron chi connectivity index (χ0n) is 14.9. The van der Waals surface area contributed by atoms with Crippen LogP contribution in [0.1, 0.15) is 0 Å². The fraction of sp³-hybridized carbons (Fsp3) is 0.400. The van der Waals surface area contributed by atoms with E-state index in [4.69, 9.17) is 9.47 Å². The van der Waals surface area contributed by atoms with Gasteiger partial charge in [-0.15, -0.1) is 23.5 Å². The van der Waals surface area contributed by atoms with Crippen molar-refractivity contribution in [2.45, 2.75) is 9.79 Å². The van der Waals surface area contributed by atoms with Crippen molar-refractivity contribution in [2.75, 3.05) is 61.7 Å². The van der Waals surface area contributed by atoms with Gasteiger partial charge in [0, 0.05) is 45.8 Å². The molecule has 0 aliphatic carbocycles. The van der Waals surface area contributed by atoms with E-state index in [-0.39, 0.29) is 0 Å². The molecule has 3 rings (SSSR count). The molecule has 0 atom stereocenters. The van der Waals surface area contributed by atoms with Crippen LogP contribution in [0.4, 0.5) is 11.4 Å². The molecule has 140 valence electrons. The van der Waals surface area contributed by atoms with Gasteiger partial charge in [0.15, 0.2) is 0 Å². The summed E-state index contributed by atoms with van der Waals surface area (Å²) in [5.41, 5.74) is 2.34. The van der Waals surface area contributed by atoms with E-state index < -0.39 is 0 Å². The Balaban J connectivity index is 1.56. The third-order valence-electron chi connectivity index (χ3n) is 3.87. The topological polar surface area (TPSA) is 42.5 Å². The standard InChI is InChI=1S/C20H26N2O2S2/c1-3-7-19-17(5-1)21-9-11-23-12-10-22-18-6-2-4-8-20(18)26-16-14-24-13-15-25-19/h1-8,21-22H,9-16H2. The van der Waals surface area contributed by atoms with Crippen LogP contribution in [0.25, 0.3) is 0 Å². The van der Waals surface area contributed by atoms with Crippen molar-refractivity contribution in [1.29, 1.82) is 0 Å². The molecule has 0 radical (unpaired) electrons.